The molecule has 0 saturated carbocycles. The summed E-state index contributed by atoms with van der Waals surface area (Å²) in [5, 5.41) is 2.68. The molecule has 126 valence electrons. The summed E-state index contributed by atoms with van der Waals surface area (Å²) in [6, 6.07) is 10.9. The first-order valence-corrected chi connectivity index (χ1v) is 8.69. The number of anilines is 1. The number of nitrogens with one attached hydrogen (secondary N) is 2. The smallest absolute Gasteiger partial charge is 0.255 e. The predicted octanol–water partition coefficient (Wildman–Crippen LogP) is 2.36. The van der Waals surface area contributed by atoms with E-state index in [-0.39, 0.29) is 16.2 Å². The largest absolute Gasteiger partial charge is 0.322 e. The van der Waals surface area contributed by atoms with Gasteiger partial charge in [0.1, 0.15) is 0 Å². The number of carbonyl (C=O) groups is 2. The molecule has 7 heteroatoms. The first-order valence-electron chi connectivity index (χ1n) is 7.21. The summed E-state index contributed by atoms with van der Waals surface area (Å²) in [6.45, 7) is 3.16. The van der Waals surface area contributed by atoms with E-state index < -0.39 is 15.9 Å². The molecule has 0 radical (unpaired) electrons. The van der Waals surface area contributed by atoms with Crippen LogP contribution in [-0.2, 0) is 10.0 Å². The van der Waals surface area contributed by atoms with Crippen LogP contribution in [0.4, 0.5) is 5.69 Å². The molecule has 0 fully saturated rings. The van der Waals surface area contributed by atoms with Gasteiger partial charge in [0.2, 0.25) is 10.0 Å². The fraction of sp³-hybridized carbons (Fsp3) is 0.176. The summed E-state index contributed by atoms with van der Waals surface area (Å²) in [6.07, 6.45) is 0. The number of hydrogen-bond acceptors (Lipinski definition) is 4. The molecule has 0 aromatic heterocycles. The Morgan fingerprint density at radius 1 is 1.04 bits per heavy atom. The Morgan fingerprint density at radius 2 is 1.75 bits per heavy atom. The molecule has 0 heterocycles. The highest BCUT2D eigenvalue weighted by Gasteiger charge is 2.17. The van der Waals surface area contributed by atoms with Gasteiger partial charge in [0.05, 0.1) is 4.90 Å². The van der Waals surface area contributed by atoms with Crippen molar-refractivity contribution in [3.63, 3.8) is 0 Å². The second-order valence-electron chi connectivity index (χ2n) is 5.28. The van der Waals surface area contributed by atoms with Crippen LogP contribution in [0, 0.1) is 6.92 Å². The van der Waals surface area contributed by atoms with E-state index in [0.29, 0.717) is 16.8 Å². The summed E-state index contributed by atoms with van der Waals surface area (Å²) in [7, 11) is -2.33. The molecule has 0 aliphatic heterocycles. The van der Waals surface area contributed by atoms with Crippen molar-refractivity contribution in [2.75, 3.05) is 12.4 Å². The summed E-state index contributed by atoms with van der Waals surface area (Å²) in [5.41, 5.74) is 1.84. The van der Waals surface area contributed by atoms with E-state index >= 15 is 0 Å². The molecule has 0 spiro atoms. The molecule has 0 aliphatic rings. The van der Waals surface area contributed by atoms with E-state index in [2.05, 4.69) is 10.0 Å². The van der Waals surface area contributed by atoms with Gasteiger partial charge in [-0.25, -0.2) is 13.1 Å². The summed E-state index contributed by atoms with van der Waals surface area (Å²) in [5.74, 6) is -0.550. The fourth-order valence-corrected chi connectivity index (χ4v) is 2.90. The maximum Gasteiger partial charge on any atom is 0.255 e. The lowest BCUT2D eigenvalue weighted by molar-refractivity contribution is 0.101. The van der Waals surface area contributed by atoms with Crippen molar-refractivity contribution in [3.8, 4) is 0 Å². The number of carbonyl (C=O) groups excluding carboxylic acids is 2. The van der Waals surface area contributed by atoms with E-state index in [4.69, 9.17) is 0 Å². The van der Waals surface area contributed by atoms with Gasteiger partial charge in [0.25, 0.3) is 5.91 Å². The molecule has 1 amide bonds. The van der Waals surface area contributed by atoms with Crippen LogP contribution in [0.2, 0.25) is 0 Å². The highest BCUT2D eigenvalue weighted by molar-refractivity contribution is 7.89. The van der Waals surface area contributed by atoms with Gasteiger partial charge in [-0.2, -0.15) is 0 Å². The Morgan fingerprint density at radius 3 is 2.38 bits per heavy atom. The van der Waals surface area contributed by atoms with Gasteiger partial charge in [0, 0.05) is 16.8 Å². The van der Waals surface area contributed by atoms with Gasteiger partial charge in [-0.1, -0.05) is 18.2 Å². The van der Waals surface area contributed by atoms with E-state index in [1.807, 2.05) is 0 Å². The van der Waals surface area contributed by atoms with Crippen LogP contribution in [0.3, 0.4) is 0 Å². The maximum atomic E-state index is 12.5. The minimum atomic E-state index is -3.64. The molecule has 0 aliphatic carbocycles. The average molecular weight is 346 g/mol. The van der Waals surface area contributed by atoms with Crippen LogP contribution < -0.4 is 10.0 Å². The zero-order valence-corrected chi connectivity index (χ0v) is 14.4. The fourth-order valence-electron chi connectivity index (χ4n) is 2.15. The predicted molar refractivity (Wildman–Crippen MR) is 91.8 cm³/mol. The zero-order chi connectivity index (χ0) is 17.9. The van der Waals surface area contributed by atoms with Gasteiger partial charge in [-0.05, 0) is 50.7 Å². The van der Waals surface area contributed by atoms with E-state index in [9.17, 15) is 18.0 Å². The molecule has 6 nitrogen and oxygen atoms in total. The Balaban J connectivity index is 2.35. The minimum absolute atomic E-state index is 0.0123. The second kappa shape index (κ2) is 6.94. The first-order chi connectivity index (χ1) is 11.2. The third-order valence-corrected chi connectivity index (χ3v) is 4.97. The molecular weight excluding hydrogens is 328 g/mol. The molecule has 2 aromatic carbocycles. The lowest BCUT2D eigenvalue weighted by Crippen LogP contribution is -2.20. The lowest BCUT2D eigenvalue weighted by atomic mass is 10.1. The molecule has 0 unspecified atom stereocenters. The Labute approximate surface area is 140 Å². The lowest BCUT2D eigenvalue weighted by Gasteiger charge is -2.10. The topological polar surface area (TPSA) is 92.3 Å². The number of hydrogen-bond donors (Lipinski definition) is 2. The van der Waals surface area contributed by atoms with Crippen LogP contribution >= 0.6 is 0 Å². The van der Waals surface area contributed by atoms with Crippen molar-refractivity contribution in [3.05, 3.63) is 59.2 Å². The summed E-state index contributed by atoms with van der Waals surface area (Å²) >= 11 is 0. The van der Waals surface area contributed by atoms with Crippen LogP contribution in [0.15, 0.2) is 47.4 Å². The third kappa shape index (κ3) is 3.87. The molecule has 0 bridgehead atoms. The number of Topliss-reactive ketones (excluding diaryl/α,β-unsaturated/α-hetero) is 1. The minimum Gasteiger partial charge on any atom is -0.322 e. The van der Waals surface area contributed by atoms with Crippen molar-refractivity contribution in [1.29, 1.82) is 0 Å². The van der Waals surface area contributed by atoms with Crippen LogP contribution in [0.5, 0.6) is 0 Å². The van der Waals surface area contributed by atoms with Crippen molar-refractivity contribution in [1.82, 2.24) is 4.72 Å². The second-order valence-corrected chi connectivity index (χ2v) is 7.16. The summed E-state index contributed by atoms with van der Waals surface area (Å²) < 4.78 is 26.0. The number of ketones is 1. The highest BCUT2D eigenvalue weighted by atomic mass is 32.2. The molecule has 0 atom stereocenters. The van der Waals surface area contributed by atoms with E-state index in [1.54, 1.807) is 37.3 Å². The molecule has 2 rings (SSSR count). The monoisotopic (exact) mass is 346 g/mol. The van der Waals surface area contributed by atoms with Gasteiger partial charge >= 0.3 is 0 Å². The Bertz CT molecular complexity index is 905. The standard InChI is InChI=1S/C17H18N2O4S/c1-11-7-8-15(24(22,23)18-3)10-16(11)17(21)19-14-6-4-5-13(9-14)12(2)20/h4-10,18H,1-3H3,(H,19,21). The normalized spacial score (nSPS) is 11.1. The van der Waals surface area contributed by atoms with Crippen LogP contribution in [-0.4, -0.2) is 27.2 Å². The summed E-state index contributed by atoms with van der Waals surface area (Å²) in [4.78, 5) is 23.9. The van der Waals surface area contributed by atoms with Crippen molar-refractivity contribution in [2.24, 2.45) is 0 Å². The quantitative estimate of drug-likeness (QED) is 0.813. The highest BCUT2D eigenvalue weighted by Crippen LogP contribution is 2.18. The first kappa shape index (κ1) is 17.8. The molecule has 2 aromatic rings. The third-order valence-electron chi connectivity index (χ3n) is 3.56. The zero-order valence-electron chi connectivity index (χ0n) is 13.6. The molecule has 24 heavy (non-hydrogen) atoms. The van der Waals surface area contributed by atoms with Crippen molar-refractivity contribution in [2.45, 2.75) is 18.7 Å². The molecule has 0 saturated heterocycles. The number of rotatable bonds is 5. The molecular formula is C17H18N2O4S. The van der Waals surface area contributed by atoms with Crippen LogP contribution in [0.1, 0.15) is 33.2 Å². The van der Waals surface area contributed by atoms with Gasteiger partial charge in [-0.15, -0.1) is 0 Å². The van der Waals surface area contributed by atoms with Crippen molar-refractivity contribution >= 4 is 27.4 Å². The van der Waals surface area contributed by atoms with Crippen LogP contribution in [0.25, 0.3) is 0 Å². The molecule has 2 N–H and O–H groups in total. The average Bonchev–Trinajstić information content (AvgIpc) is 2.55. The number of benzene rings is 2. The SMILES string of the molecule is CNS(=O)(=O)c1ccc(C)c(C(=O)Nc2cccc(C(C)=O)c2)c1. The van der Waals surface area contributed by atoms with E-state index in [1.165, 1.54) is 26.1 Å². The Kier molecular flexibility index (Phi) is 5.16. The van der Waals surface area contributed by atoms with Gasteiger partial charge in [-0.3, -0.25) is 9.59 Å². The number of amides is 1. The number of aryl methyl sites for hydroxylation is 1. The van der Waals surface area contributed by atoms with Gasteiger partial charge < -0.3 is 5.32 Å². The Hall–Kier alpha value is -2.51. The van der Waals surface area contributed by atoms with E-state index in [0.717, 1.165) is 0 Å². The van der Waals surface area contributed by atoms with Crippen molar-refractivity contribution < 1.29 is 18.0 Å². The maximum absolute atomic E-state index is 12.5. The van der Waals surface area contributed by atoms with Gasteiger partial charge in [0.15, 0.2) is 5.78 Å². The number of sulfonamides is 1.